The summed E-state index contributed by atoms with van der Waals surface area (Å²) in [5.41, 5.74) is 10.1. The molecule has 1 atom stereocenters. The fraction of sp³-hybridized carbons (Fsp3) is 0.0870. The van der Waals surface area contributed by atoms with Gasteiger partial charge in [0.05, 0.1) is 0 Å². The molecule has 0 fully saturated rings. The van der Waals surface area contributed by atoms with Crippen LogP contribution < -0.4 is 5.73 Å². The topological polar surface area (TPSA) is 127 Å². The Bertz CT molecular complexity index is 1010. The molecule has 1 unspecified atom stereocenters. The highest BCUT2D eigenvalue weighted by molar-refractivity contribution is 5.89. The molecule has 0 amide bonds. The van der Waals surface area contributed by atoms with Gasteiger partial charge in [-0.2, -0.15) is 0 Å². The van der Waals surface area contributed by atoms with E-state index in [2.05, 4.69) is 11.7 Å². The molecule has 0 bridgehead atoms. The Morgan fingerprint density at radius 3 is 2.23 bits per heavy atom. The zero-order chi connectivity index (χ0) is 21.9. The van der Waals surface area contributed by atoms with Crippen LogP contribution in [0.2, 0.25) is 0 Å². The summed E-state index contributed by atoms with van der Waals surface area (Å²) in [6, 6.07) is 19.8. The Balaban J connectivity index is 0.000000343. The summed E-state index contributed by atoms with van der Waals surface area (Å²) >= 11 is 0. The summed E-state index contributed by atoms with van der Waals surface area (Å²) in [4.78, 5) is 19.1. The van der Waals surface area contributed by atoms with Crippen molar-refractivity contribution in [3.05, 3.63) is 91.0 Å². The number of carboxylic acid groups (broad SMARTS) is 2. The molecular formula is C23H22N2O5. The molecule has 3 aromatic rings. The summed E-state index contributed by atoms with van der Waals surface area (Å²) in [6.07, 6.45) is 3.67. The van der Waals surface area contributed by atoms with Gasteiger partial charge in [-0.15, -0.1) is 6.58 Å². The van der Waals surface area contributed by atoms with E-state index in [9.17, 15) is 9.59 Å². The molecule has 0 saturated carbocycles. The van der Waals surface area contributed by atoms with Gasteiger partial charge < -0.3 is 20.5 Å². The monoisotopic (exact) mass is 406 g/mol. The van der Waals surface area contributed by atoms with Crippen LogP contribution in [0.15, 0.2) is 90.0 Å². The fourth-order valence-corrected chi connectivity index (χ4v) is 2.64. The molecule has 0 spiro atoms. The van der Waals surface area contributed by atoms with Crippen LogP contribution in [0.1, 0.15) is 18.0 Å². The molecule has 7 nitrogen and oxygen atoms in total. The lowest BCUT2D eigenvalue weighted by atomic mass is 9.96. The summed E-state index contributed by atoms with van der Waals surface area (Å²) in [5.74, 6) is -1.76. The van der Waals surface area contributed by atoms with Gasteiger partial charge in [-0.1, -0.05) is 65.8 Å². The molecule has 0 saturated heterocycles. The molecule has 154 valence electrons. The predicted octanol–water partition coefficient (Wildman–Crippen LogP) is 4.30. The van der Waals surface area contributed by atoms with Crippen LogP contribution in [0.3, 0.4) is 0 Å². The zero-order valence-electron chi connectivity index (χ0n) is 16.1. The van der Waals surface area contributed by atoms with Crippen molar-refractivity contribution in [2.24, 2.45) is 5.73 Å². The highest BCUT2D eigenvalue weighted by atomic mass is 16.5. The van der Waals surface area contributed by atoms with Crippen LogP contribution in [0.5, 0.6) is 0 Å². The lowest BCUT2D eigenvalue weighted by Gasteiger charge is -2.13. The van der Waals surface area contributed by atoms with Crippen molar-refractivity contribution in [2.45, 2.75) is 12.5 Å². The maximum absolute atomic E-state index is 9.55. The van der Waals surface area contributed by atoms with Crippen LogP contribution in [0, 0.1) is 0 Å². The zero-order valence-corrected chi connectivity index (χ0v) is 16.1. The van der Waals surface area contributed by atoms with Crippen LogP contribution in [0.4, 0.5) is 0 Å². The summed E-state index contributed by atoms with van der Waals surface area (Å²) in [7, 11) is 0. The van der Waals surface area contributed by atoms with Crippen molar-refractivity contribution >= 4 is 11.9 Å². The molecule has 30 heavy (non-hydrogen) atoms. The van der Waals surface area contributed by atoms with E-state index in [-0.39, 0.29) is 6.04 Å². The number of rotatable bonds is 7. The number of nitrogens with two attached hydrogens (primary N) is 1. The van der Waals surface area contributed by atoms with Gasteiger partial charge >= 0.3 is 11.9 Å². The molecule has 1 aromatic heterocycles. The Morgan fingerprint density at radius 2 is 1.63 bits per heavy atom. The Labute approximate surface area is 173 Å². The summed E-state index contributed by atoms with van der Waals surface area (Å²) in [6.45, 7) is 3.76. The van der Waals surface area contributed by atoms with E-state index in [0.717, 1.165) is 34.6 Å². The van der Waals surface area contributed by atoms with Crippen LogP contribution in [-0.4, -0.2) is 27.3 Å². The third-order valence-corrected chi connectivity index (χ3v) is 3.99. The lowest BCUT2D eigenvalue weighted by molar-refractivity contribution is -0.134. The number of carboxylic acids is 2. The van der Waals surface area contributed by atoms with E-state index in [1.54, 1.807) is 0 Å². The molecule has 0 aliphatic heterocycles. The SMILES string of the molecule is C=CCC(N)c1ccccc1-c1cc(-c2ccccc2)on1.O=C(O)/C=C/C(=O)O. The van der Waals surface area contributed by atoms with E-state index in [4.69, 9.17) is 20.5 Å². The van der Waals surface area contributed by atoms with Crippen molar-refractivity contribution in [1.29, 1.82) is 0 Å². The first-order valence-electron chi connectivity index (χ1n) is 9.04. The number of aliphatic carboxylic acids is 2. The Kier molecular flexibility index (Phi) is 8.28. The standard InChI is InChI=1S/C19H18N2O.C4H4O4/c1-2-8-17(20)15-11-6-7-12-16(15)18-13-19(22-21-18)14-9-4-3-5-10-14;5-3(6)1-2-4(7)8/h2-7,9-13,17H,1,8,20H2;1-2H,(H,5,6)(H,7,8)/b;2-1+. The second-order valence-electron chi connectivity index (χ2n) is 6.17. The molecule has 0 aliphatic carbocycles. The molecule has 1 heterocycles. The number of hydrogen-bond acceptors (Lipinski definition) is 5. The lowest BCUT2D eigenvalue weighted by Crippen LogP contribution is -2.10. The van der Waals surface area contributed by atoms with E-state index < -0.39 is 11.9 Å². The van der Waals surface area contributed by atoms with E-state index in [1.807, 2.05) is 66.7 Å². The third-order valence-electron chi connectivity index (χ3n) is 3.99. The van der Waals surface area contributed by atoms with E-state index >= 15 is 0 Å². The van der Waals surface area contributed by atoms with Gasteiger partial charge in [0, 0.05) is 35.4 Å². The minimum atomic E-state index is -1.26. The molecule has 0 aliphatic rings. The second-order valence-corrected chi connectivity index (χ2v) is 6.17. The van der Waals surface area contributed by atoms with Crippen molar-refractivity contribution in [2.75, 3.05) is 0 Å². The number of nitrogens with zero attached hydrogens (tertiary/aromatic N) is 1. The molecule has 0 radical (unpaired) electrons. The highest BCUT2D eigenvalue weighted by Gasteiger charge is 2.15. The highest BCUT2D eigenvalue weighted by Crippen LogP contribution is 2.31. The molecule has 2 aromatic carbocycles. The van der Waals surface area contributed by atoms with Gasteiger partial charge in [0.1, 0.15) is 5.69 Å². The fourth-order valence-electron chi connectivity index (χ4n) is 2.64. The van der Waals surface area contributed by atoms with Crippen molar-refractivity contribution in [3.8, 4) is 22.6 Å². The maximum atomic E-state index is 9.55. The minimum Gasteiger partial charge on any atom is -0.478 e. The third kappa shape index (κ3) is 6.57. The summed E-state index contributed by atoms with van der Waals surface area (Å²) in [5, 5.41) is 19.8. The number of aromatic nitrogens is 1. The molecule has 3 rings (SSSR count). The average molecular weight is 406 g/mol. The summed E-state index contributed by atoms with van der Waals surface area (Å²) < 4.78 is 5.49. The van der Waals surface area contributed by atoms with Crippen molar-refractivity contribution in [1.82, 2.24) is 5.16 Å². The Morgan fingerprint density at radius 1 is 1.03 bits per heavy atom. The largest absolute Gasteiger partial charge is 0.478 e. The van der Waals surface area contributed by atoms with Gasteiger partial charge in [-0.25, -0.2) is 9.59 Å². The van der Waals surface area contributed by atoms with Crippen molar-refractivity contribution < 1.29 is 24.3 Å². The number of carbonyl (C=O) groups is 2. The maximum Gasteiger partial charge on any atom is 0.328 e. The first kappa shape index (κ1) is 22.3. The number of hydrogen-bond donors (Lipinski definition) is 3. The average Bonchev–Trinajstić information content (AvgIpc) is 3.24. The van der Waals surface area contributed by atoms with Gasteiger partial charge in [0.25, 0.3) is 0 Å². The normalized spacial score (nSPS) is 11.4. The quantitative estimate of drug-likeness (QED) is 0.394. The van der Waals surface area contributed by atoms with Crippen LogP contribution in [-0.2, 0) is 9.59 Å². The van der Waals surface area contributed by atoms with Crippen LogP contribution in [0.25, 0.3) is 22.6 Å². The minimum absolute atomic E-state index is 0.0921. The van der Waals surface area contributed by atoms with Crippen molar-refractivity contribution in [3.63, 3.8) is 0 Å². The predicted molar refractivity (Wildman–Crippen MR) is 114 cm³/mol. The molecule has 4 N–H and O–H groups in total. The first-order chi connectivity index (χ1) is 14.4. The van der Waals surface area contributed by atoms with E-state index in [0.29, 0.717) is 12.2 Å². The van der Waals surface area contributed by atoms with Gasteiger partial charge in [0.2, 0.25) is 0 Å². The second kappa shape index (κ2) is 11.1. The van der Waals surface area contributed by atoms with E-state index in [1.165, 1.54) is 0 Å². The molecule has 7 heteroatoms. The van der Waals surface area contributed by atoms with Gasteiger partial charge in [0.15, 0.2) is 5.76 Å². The Hall–Kier alpha value is -3.97. The first-order valence-corrected chi connectivity index (χ1v) is 9.04. The number of benzene rings is 2. The molecular weight excluding hydrogens is 384 g/mol. The van der Waals surface area contributed by atoms with Gasteiger partial charge in [-0.05, 0) is 12.0 Å². The van der Waals surface area contributed by atoms with Crippen LogP contribution >= 0.6 is 0 Å². The van der Waals surface area contributed by atoms with Gasteiger partial charge in [-0.3, -0.25) is 0 Å². The smallest absolute Gasteiger partial charge is 0.328 e.